The lowest BCUT2D eigenvalue weighted by atomic mass is 10.1. The van der Waals surface area contributed by atoms with E-state index in [-0.39, 0.29) is 41.5 Å². The van der Waals surface area contributed by atoms with E-state index in [0.717, 1.165) is 54.9 Å². The number of rotatable bonds is 6. The summed E-state index contributed by atoms with van der Waals surface area (Å²) in [5.74, 6) is -0.969. The lowest BCUT2D eigenvalue weighted by Gasteiger charge is -2.21. The number of hydrogen-bond donors (Lipinski definition) is 5. The van der Waals surface area contributed by atoms with Crippen molar-refractivity contribution < 1.29 is 24.3 Å². The van der Waals surface area contributed by atoms with Gasteiger partial charge < -0.3 is 42.7 Å². The second-order valence-electron chi connectivity index (χ2n) is 16.6. The number of likely N-dealkylation sites (tertiary alicyclic amines) is 3. The fraction of sp³-hybridized carbons (Fsp3) is 0.298. The highest BCUT2D eigenvalue weighted by Crippen LogP contribution is 2.34. The number of carboxylic acid groups (broad SMARTS) is 1. The van der Waals surface area contributed by atoms with E-state index in [0.29, 0.717) is 84.3 Å². The Hall–Kier alpha value is -6.53. The summed E-state index contributed by atoms with van der Waals surface area (Å²) in [4.78, 5) is 74.7. The van der Waals surface area contributed by atoms with Crippen LogP contribution in [-0.2, 0) is 4.79 Å². The van der Waals surface area contributed by atoms with Crippen LogP contribution in [0.25, 0.3) is 32.3 Å². The summed E-state index contributed by atoms with van der Waals surface area (Å²) < 4.78 is 0. The number of halogens is 4. The number of pyridine rings is 3. The first-order chi connectivity index (χ1) is 32.4. The lowest BCUT2D eigenvalue weighted by Crippen LogP contribution is -2.40. The average Bonchev–Trinajstić information content (AvgIpc) is 4.10. The van der Waals surface area contributed by atoms with Gasteiger partial charge in [-0.3, -0.25) is 14.4 Å². The molecule has 3 aromatic heterocycles. The molecule has 354 valence electrons. The van der Waals surface area contributed by atoms with Gasteiger partial charge in [-0.2, -0.15) is 9.98 Å². The zero-order valence-electron chi connectivity index (χ0n) is 37.0. The Kier molecular flexibility index (Phi) is 15.4. The van der Waals surface area contributed by atoms with Crippen molar-refractivity contribution in [3.8, 4) is 0 Å². The topological polar surface area (TPSA) is 266 Å². The molecule has 3 saturated heterocycles. The molecular weight excluding hydrogens is 954 g/mol. The normalized spacial score (nSPS) is 17.6. The molecule has 6 heterocycles. The third-order valence-electron chi connectivity index (χ3n) is 12.1. The summed E-state index contributed by atoms with van der Waals surface area (Å²) in [6.07, 6.45) is 9.74. The van der Waals surface area contributed by atoms with Crippen molar-refractivity contribution in [1.82, 2.24) is 29.7 Å². The Morgan fingerprint density at radius 1 is 0.544 bits per heavy atom. The molecule has 3 aliphatic rings. The molecule has 9 rings (SSSR count). The number of aliphatic carboxylic acids is 1. The van der Waals surface area contributed by atoms with Crippen LogP contribution in [0.1, 0.15) is 83.4 Å². The molecule has 0 aliphatic carbocycles. The number of aliphatic imine (C=N–C) groups is 2. The van der Waals surface area contributed by atoms with E-state index in [9.17, 15) is 24.3 Å². The Morgan fingerprint density at radius 2 is 0.912 bits per heavy atom. The van der Waals surface area contributed by atoms with Gasteiger partial charge >= 0.3 is 5.97 Å². The molecule has 3 amide bonds. The number of nitrogens with zero attached hydrogens (tertiary/aromatic N) is 8. The Bertz CT molecular complexity index is 3020. The first-order valence-electron chi connectivity index (χ1n) is 21.7. The summed E-state index contributed by atoms with van der Waals surface area (Å²) in [6.45, 7) is 6.15. The fourth-order valence-electron chi connectivity index (χ4n) is 8.62. The predicted octanol–water partition coefficient (Wildman–Crippen LogP) is 8.07. The number of guanidine groups is 2. The van der Waals surface area contributed by atoms with Crippen LogP contribution in [0.4, 0.5) is 11.6 Å². The predicted molar refractivity (Wildman–Crippen MR) is 267 cm³/mol. The van der Waals surface area contributed by atoms with E-state index < -0.39 is 12.0 Å². The zero-order chi connectivity index (χ0) is 49.0. The van der Waals surface area contributed by atoms with Crippen LogP contribution >= 0.6 is 46.4 Å². The molecule has 17 nitrogen and oxygen atoms in total. The number of hydrogen-bond acceptors (Lipinski definition) is 9. The van der Waals surface area contributed by atoms with Crippen molar-refractivity contribution in [2.75, 3.05) is 19.6 Å². The summed E-state index contributed by atoms with van der Waals surface area (Å²) in [7, 11) is 0. The largest absolute Gasteiger partial charge is 0.480 e. The fourth-order valence-corrected chi connectivity index (χ4v) is 9.47. The van der Waals surface area contributed by atoms with Gasteiger partial charge in [-0.05, 0) is 88.8 Å². The maximum Gasteiger partial charge on any atom is 0.326 e. The molecule has 3 atom stereocenters. The first-order valence-corrected chi connectivity index (χ1v) is 23.2. The molecule has 3 aromatic carbocycles. The number of carbonyl (C=O) groups is 4. The van der Waals surface area contributed by atoms with Crippen molar-refractivity contribution in [1.29, 1.82) is 0 Å². The molecule has 3 fully saturated rings. The van der Waals surface area contributed by atoms with Crippen LogP contribution in [0.3, 0.4) is 0 Å². The molecule has 3 aliphatic heterocycles. The minimum atomic E-state index is -1.00. The second-order valence-corrected chi connectivity index (χ2v) is 18.2. The van der Waals surface area contributed by atoms with Crippen molar-refractivity contribution in [3.63, 3.8) is 0 Å². The highest BCUT2D eigenvalue weighted by molar-refractivity contribution is 6.39. The maximum atomic E-state index is 12.7. The molecule has 0 spiro atoms. The Balaban J connectivity index is 0.000000152. The van der Waals surface area contributed by atoms with E-state index >= 15 is 0 Å². The van der Waals surface area contributed by atoms with E-state index in [2.05, 4.69) is 38.8 Å². The van der Waals surface area contributed by atoms with Crippen LogP contribution in [0.5, 0.6) is 0 Å². The number of fused-ring (bicyclic) bond motifs is 3. The van der Waals surface area contributed by atoms with Gasteiger partial charge in [0, 0.05) is 99.3 Å². The molecular formula is C47H48Cl4N12O5. The van der Waals surface area contributed by atoms with Crippen LogP contribution < -0.4 is 22.9 Å². The zero-order valence-corrected chi connectivity index (χ0v) is 40.0. The van der Waals surface area contributed by atoms with Gasteiger partial charge in [0.1, 0.15) is 11.2 Å². The monoisotopic (exact) mass is 1000 g/mol. The van der Waals surface area contributed by atoms with Crippen molar-refractivity contribution in [2.24, 2.45) is 32.9 Å². The molecule has 0 radical (unpaired) electrons. The van der Waals surface area contributed by atoms with Crippen molar-refractivity contribution >= 4 is 126 Å². The van der Waals surface area contributed by atoms with Gasteiger partial charge in [-0.15, -0.1) is 0 Å². The number of carbonyl (C=O) groups excluding carboxylic acids is 3. The molecule has 0 bridgehead atoms. The van der Waals surface area contributed by atoms with Crippen LogP contribution in [-0.4, -0.2) is 108 Å². The average molecular weight is 1000 g/mol. The summed E-state index contributed by atoms with van der Waals surface area (Å²) in [5.41, 5.74) is 23.3. The summed E-state index contributed by atoms with van der Waals surface area (Å²) in [5, 5.41) is 15.2. The van der Waals surface area contributed by atoms with Crippen molar-refractivity contribution in [2.45, 2.75) is 70.5 Å². The quantitative estimate of drug-likeness (QED) is 0.0603. The van der Waals surface area contributed by atoms with E-state index in [4.69, 9.17) is 69.3 Å². The van der Waals surface area contributed by atoms with Crippen molar-refractivity contribution in [3.05, 3.63) is 110 Å². The van der Waals surface area contributed by atoms with Gasteiger partial charge in [0.15, 0.2) is 23.6 Å². The van der Waals surface area contributed by atoms with Crippen LogP contribution in [0.15, 0.2) is 83.2 Å². The van der Waals surface area contributed by atoms with Gasteiger partial charge in [0.2, 0.25) is 0 Å². The third-order valence-corrected chi connectivity index (χ3v) is 13.3. The van der Waals surface area contributed by atoms with Crippen LogP contribution in [0, 0.1) is 0 Å². The first kappa shape index (κ1) is 49.4. The molecule has 0 saturated carbocycles. The number of aromatic nitrogens is 3. The number of carboxylic acids is 1. The minimum Gasteiger partial charge on any atom is -0.480 e. The standard InChI is InChI=1S/C16H16ClN5O3.C16H18ClN5O.C15H14Cl2N2O/c17-11-7-20-13(21-16(18)19)10-6-8(3-4-9(10)11)14(23)22-5-1-2-12(22)15(24)25;1-9-3-2-6-22(9)15(23)10-4-5-11-12(7-10)14(21-16(18)19)20-8-13(11)17;1-9-3-2-6-19(9)15(20)10-4-5-11-12(7-10)14(17)18-8-13(11)16/h3-4,6-7,12H,1-2,5H2,(H,24,25)(H4,18,19,20,21);4-5,7-9H,2-3,6H2,1H3,(H4,18,19,20,21);4-5,7-9H,2-3,6H2,1H3. The number of amides is 3. The highest BCUT2D eigenvalue weighted by atomic mass is 35.5. The Labute approximate surface area is 411 Å². The molecule has 21 heteroatoms. The van der Waals surface area contributed by atoms with Gasteiger partial charge in [-0.1, -0.05) is 64.6 Å². The molecule has 68 heavy (non-hydrogen) atoms. The lowest BCUT2D eigenvalue weighted by molar-refractivity contribution is -0.141. The molecule has 9 N–H and O–H groups in total. The molecule has 3 unspecified atom stereocenters. The van der Waals surface area contributed by atoms with E-state index in [1.54, 1.807) is 48.5 Å². The van der Waals surface area contributed by atoms with E-state index in [1.165, 1.54) is 23.5 Å². The summed E-state index contributed by atoms with van der Waals surface area (Å²) >= 11 is 24.5. The van der Waals surface area contributed by atoms with Crippen LogP contribution in [0.2, 0.25) is 20.2 Å². The minimum absolute atomic E-state index is 0.00697. The Morgan fingerprint density at radius 3 is 1.31 bits per heavy atom. The molecule has 6 aromatic rings. The second kappa shape index (κ2) is 21.2. The van der Waals surface area contributed by atoms with Gasteiger partial charge in [-0.25, -0.2) is 19.7 Å². The number of nitrogens with two attached hydrogens (primary N) is 4. The summed E-state index contributed by atoms with van der Waals surface area (Å²) in [6, 6.07) is 15.4. The highest BCUT2D eigenvalue weighted by Gasteiger charge is 2.35. The maximum absolute atomic E-state index is 12.7. The third kappa shape index (κ3) is 10.8. The van der Waals surface area contributed by atoms with Gasteiger partial charge in [0.05, 0.1) is 15.1 Å². The van der Waals surface area contributed by atoms with Gasteiger partial charge in [0.25, 0.3) is 17.7 Å². The smallest absolute Gasteiger partial charge is 0.326 e. The SMILES string of the molecule is CC1CCCN1C(=O)c1ccc2c(Cl)cnc(Cl)c2c1.CC1CCCN1C(=O)c1ccc2c(Cl)cnc(N=C(N)N)c2c1.NC(N)=Nc1ncc(Cl)c2ccc(C(=O)N3CCCC3C(=O)O)cc12. The van der Waals surface area contributed by atoms with E-state index in [1.807, 2.05) is 15.9 Å². The number of benzene rings is 3.